The Bertz CT molecular complexity index is 255. The first-order valence-electron chi connectivity index (χ1n) is 3.02. The van der Waals surface area contributed by atoms with Crippen LogP contribution in [0.3, 0.4) is 0 Å². The summed E-state index contributed by atoms with van der Waals surface area (Å²) >= 11 is 0. The molecule has 0 aliphatic carbocycles. The van der Waals surface area contributed by atoms with Crippen LogP contribution in [-0.4, -0.2) is 12.0 Å². The van der Waals surface area contributed by atoms with E-state index in [1.165, 1.54) is 19.2 Å². The zero-order valence-electron chi connectivity index (χ0n) is 5.98. The lowest BCUT2D eigenvalue weighted by Gasteiger charge is -1.96. The average molecular weight is 152 g/mol. The third-order valence-electron chi connectivity index (χ3n) is 1.28. The van der Waals surface area contributed by atoms with Gasteiger partial charge in [-0.25, -0.2) is 0 Å². The normalized spacial score (nSPS) is 9.18. The van der Waals surface area contributed by atoms with Gasteiger partial charge in [0.15, 0.2) is 0 Å². The highest BCUT2D eigenvalue weighted by Crippen LogP contribution is 2.16. The van der Waals surface area contributed by atoms with Crippen LogP contribution in [0.4, 0.5) is 5.69 Å². The second-order valence-electron chi connectivity index (χ2n) is 1.96. The first-order chi connectivity index (χ1) is 5.24. The van der Waals surface area contributed by atoms with E-state index in [9.17, 15) is 10.1 Å². The highest BCUT2D eigenvalue weighted by molar-refractivity contribution is 5.35. The number of nitro benzene ring substituents is 1. The van der Waals surface area contributed by atoms with Gasteiger partial charge < -0.3 is 4.74 Å². The minimum atomic E-state index is -0.445. The molecule has 0 aliphatic heterocycles. The van der Waals surface area contributed by atoms with Crippen LogP contribution in [0.1, 0.15) is 0 Å². The van der Waals surface area contributed by atoms with Gasteiger partial charge >= 0.3 is 0 Å². The van der Waals surface area contributed by atoms with Gasteiger partial charge in [-0.05, 0) is 12.1 Å². The van der Waals surface area contributed by atoms with E-state index in [2.05, 4.69) is 0 Å². The molecule has 0 saturated heterocycles. The van der Waals surface area contributed by atoms with Crippen molar-refractivity contribution in [2.24, 2.45) is 0 Å². The summed E-state index contributed by atoms with van der Waals surface area (Å²) in [5.74, 6) is 0.621. The number of benzene rings is 1. The molecule has 4 heteroatoms. The second-order valence-corrected chi connectivity index (χ2v) is 1.96. The molecule has 0 aliphatic rings. The smallest absolute Gasteiger partial charge is 0.269 e. The van der Waals surface area contributed by atoms with Gasteiger partial charge in [0.1, 0.15) is 5.75 Å². The maximum atomic E-state index is 10.2. The molecular weight excluding hydrogens is 145 g/mol. The Morgan fingerprint density at radius 2 is 1.91 bits per heavy atom. The highest BCUT2D eigenvalue weighted by atomic mass is 16.6. The number of hydrogen-bond donors (Lipinski definition) is 0. The Morgan fingerprint density at radius 1 is 1.36 bits per heavy atom. The number of non-ortho nitro benzene ring substituents is 1. The molecular formula is C7H7NO3. The second kappa shape index (κ2) is 3.01. The number of nitrogens with zero attached hydrogens (tertiary/aromatic N) is 1. The standard InChI is InChI=1S/C7H7NO3/c1-11-7-4-2-6(3-5-7)8(9)10/h2-5H,1H3/i6-1. The van der Waals surface area contributed by atoms with Crippen molar-refractivity contribution in [3.63, 3.8) is 0 Å². The predicted molar refractivity (Wildman–Crippen MR) is 39.6 cm³/mol. The van der Waals surface area contributed by atoms with Crippen molar-refractivity contribution in [3.05, 3.63) is 34.4 Å². The van der Waals surface area contributed by atoms with E-state index in [0.29, 0.717) is 5.75 Å². The third kappa shape index (κ3) is 1.67. The molecule has 1 aromatic carbocycles. The molecule has 0 unspecified atom stereocenters. The topological polar surface area (TPSA) is 52.4 Å². The van der Waals surface area contributed by atoms with Crippen LogP contribution in [0.15, 0.2) is 24.3 Å². The first-order valence-corrected chi connectivity index (χ1v) is 3.02. The van der Waals surface area contributed by atoms with Gasteiger partial charge in [0, 0.05) is 12.1 Å². The van der Waals surface area contributed by atoms with E-state index in [0.717, 1.165) is 0 Å². The van der Waals surface area contributed by atoms with Crippen LogP contribution in [0, 0.1) is 10.1 Å². The van der Waals surface area contributed by atoms with E-state index < -0.39 is 4.92 Å². The van der Waals surface area contributed by atoms with Gasteiger partial charge in [-0.2, -0.15) is 0 Å². The average Bonchev–Trinajstić information content (AvgIpc) is 2.05. The summed E-state index contributed by atoms with van der Waals surface area (Å²) < 4.78 is 4.83. The quantitative estimate of drug-likeness (QED) is 0.477. The summed E-state index contributed by atoms with van der Waals surface area (Å²) in [7, 11) is 1.52. The lowest BCUT2D eigenvalue weighted by Crippen LogP contribution is -1.87. The van der Waals surface area contributed by atoms with Gasteiger partial charge in [0.2, 0.25) is 0 Å². The fraction of sp³-hybridized carbons (Fsp3) is 0.143. The predicted octanol–water partition coefficient (Wildman–Crippen LogP) is 1.60. The fourth-order valence-corrected chi connectivity index (χ4v) is 0.704. The molecule has 1 rings (SSSR count). The van der Waals surface area contributed by atoms with E-state index >= 15 is 0 Å². The fourth-order valence-electron chi connectivity index (χ4n) is 0.704. The molecule has 4 nitrogen and oxygen atoms in total. The lowest BCUT2D eigenvalue weighted by molar-refractivity contribution is -0.384. The number of methoxy groups -OCH3 is 1. The van der Waals surface area contributed by atoms with Crippen molar-refractivity contribution in [2.75, 3.05) is 7.11 Å². The Morgan fingerprint density at radius 3 is 2.27 bits per heavy atom. The molecule has 58 valence electrons. The maximum Gasteiger partial charge on any atom is 0.269 e. The summed E-state index contributed by atoms with van der Waals surface area (Å²) in [4.78, 5) is 9.72. The molecule has 0 N–H and O–H groups in total. The van der Waals surface area contributed by atoms with Gasteiger partial charge in [-0.1, -0.05) is 0 Å². The molecule has 0 radical (unpaired) electrons. The minimum absolute atomic E-state index is 0.0748. The molecule has 0 heterocycles. The van der Waals surface area contributed by atoms with Crippen molar-refractivity contribution in [1.82, 2.24) is 0 Å². The Hall–Kier alpha value is -1.58. The molecule has 0 amide bonds. The zero-order chi connectivity index (χ0) is 8.27. The van der Waals surface area contributed by atoms with Crippen molar-refractivity contribution < 1.29 is 9.66 Å². The monoisotopic (exact) mass is 152 g/mol. The van der Waals surface area contributed by atoms with Crippen molar-refractivity contribution in [1.29, 1.82) is 0 Å². The minimum Gasteiger partial charge on any atom is -0.497 e. The molecule has 0 fully saturated rings. The van der Waals surface area contributed by atoms with Crippen LogP contribution >= 0.6 is 0 Å². The van der Waals surface area contributed by atoms with E-state index in [1.54, 1.807) is 12.1 Å². The number of ether oxygens (including phenoxy) is 1. The van der Waals surface area contributed by atoms with Crippen LogP contribution < -0.4 is 4.74 Å². The third-order valence-corrected chi connectivity index (χ3v) is 1.28. The zero-order valence-corrected chi connectivity index (χ0v) is 5.98. The highest BCUT2D eigenvalue weighted by Gasteiger charge is 2.02. The summed E-state index contributed by atoms with van der Waals surface area (Å²) in [5, 5.41) is 10.2. The Balaban J connectivity index is 2.91. The summed E-state index contributed by atoms with van der Waals surface area (Å²) in [6, 6.07) is 5.91. The van der Waals surface area contributed by atoms with E-state index in [-0.39, 0.29) is 5.69 Å². The van der Waals surface area contributed by atoms with E-state index in [4.69, 9.17) is 4.74 Å². The van der Waals surface area contributed by atoms with Gasteiger partial charge in [0.05, 0.1) is 12.0 Å². The molecule has 1 aromatic rings. The Labute approximate surface area is 63.6 Å². The molecule has 0 bridgehead atoms. The largest absolute Gasteiger partial charge is 0.497 e. The number of hydrogen-bond acceptors (Lipinski definition) is 3. The number of rotatable bonds is 2. The summed E-state index contributed by atoms with van der Waals surface area (Å²) in [6.45, 7) is 0. The molecule has 0 aromatic heterocycles. The molecule has 0 spiro atoms. The van der Waals surface area contributed by atoms with Crippen LogP contribution in [0.5, 0.6) is 5.75 Å². The Kier molecular flexibility index (Phi) is 2.06. The first kappa shape index (κ1) is 7.53. The maximum absolute atomic E-state index is 10.2. The van der Waals surface area contributed by atoms with Crippen LogP contribution in [0.2, 0.25) is 0 Å². The van der Waals surface area contributed by atoms with Crippen molar-refractivity contribution >= 4 is 5.69 Å². The molecule has 11 heavy (non-hydrogen) atoms. The lowest BCUT2D eigenvalue weighted by atomic mass is 9.92. The van der Waals surface area contributed by atoms with Gasteiger partial charge in [0.25, 0.3) is 5.69 Å². The van der Waals surface area contributed by atoms with Crippen LogP contribution in [0.25, 0.3) is 0 Å². The summed E-state index contributed by atoms with van der Waals surface area (Å²) in [5.41, 5.74) is 0.0748. The number of nitro groups is 1. The van der Waals surface area contributed by atoms with E-state index in [1.807, 2.05) is 0 Å². The van der Waals surface area contributed by atoms with Gasteiger partial charge in [-0.15, -0.1) is 0 Å². The van der Waals surface area contributed by atoms with Crippen LogP contribution in [-0.2, 0) is 0 Å². The molecule has 0 atom stereocenters. The SMILES string of the molecule is COc1cc[11c]([N+](=O)[O-])cc1. The van der Waals surface area contributed by atoms with Crippen molar-refractivity contribution in [3.8, 4) is 5.75 Å². The van der Waals surface area contributed by atoms with Gasteiger partial charge in [-0.3, -0.25) is 10.1 Å². The molecule has 0 saturated carbocycles. The summed E-state index contributed by atoms with van der Waals surface area (Å²) in [6.07, 6.45) is 0. The van der Waals surface area contributed by atoms with Crippen molar-refractivity contribution in [2.45, 2.75) is 0 Å².